The number of carbonyl (C=O) groups excluding carboxylic acids is 1. The lowest BCUT2D eigenvalue weighted by Crippen LogP contribution is -2.19. The van der Waals surface area contributed by atoms with Crippen molar-refractivity contribution in [2.24, 2.45) is 5.92 Å². The number of anilines is 1. The summed E-state index contributed by atoms with van der Waals surface area (Å²) in [5.74, 6) is -1.52. The molecule has 2 rings (SSSR count). The Hall–Kier alpha value is -2.72. The fraction of sp³-hybridized carbons (Fsp3) is 0.421. The van der Waals surface area contributed by atoms with Gasteiger partial charge in [-0.2, -0.15) is 8.42 Å². The summed E-state index contributed by atoms with van der Waals surface area (Å²) in [6, 6.07) is 5.38. The molecule has 158 valence electrons. The summed E-state index contributed by atoms with van der Waals surface area (Å²) in [7, 11) is -4.53. The van der Waals surface area contributed by atoms with Gasteiger partial charge in [0, 0.05) is 18.9 Å². The number of aryl methyl sites for hydroxylation is 1. The first-order valence-corrected chi connectivity index (χ1v) is 10.8. The van der Waals surface area contributed by atoms with Crippen molar-refractivity contribution in [3.63, 3.8) is 0 Å². The number of benzene rings is 1. The van der Waals surface area contributed by atoms with Gasteiger partial charge in [0.2, 0.25) is 5.95 Å². The Labute approximate surface area is 169 Å². The van der Waals surface area contributed by atoms with Gasteiger partial charge in [-0.25, -0.2) is 4.98 Å². The summed E-state index contributed by atoms with van der Waals surface area (Å²) in [5, 5.41) is 11.4. The summed E-state index contributed by atoms with van der Waals surface area (Å²) in [4.78, 5) is 26.9. The summed E-state index contributed by atoms with van der Waals surface area (Å²) in [5.41, 5.74) is -0.169. The fourth-order valence-electron chi connectivity index (χ4n) is 2.87. The highest BCUT2D eigenvalue weighted by atomic mass is 32.2. The van der Waals surface area contributed by atoms with Gasteiger partial charge in [0.25, 0.3) is 16.0 Å². The second-order valence-corrected chi connectivity index (χ2v) is 8.20. The molecule has 9 nitrogen and oxygen atoms in total. The maximum Gasteiger partial charge on any atom is 0.306 e. The van der Waals surface area contributed by atoms with E-state index in [9.17, 15) is 22.6 Å². The zero-order valence-corrected chi connectivity index (χ0v) is 16.9. The van der Waals surface area contributed by atoms with Gasteiger partial charge in [-0.3, -0.25) is 19.5 Å². The number of carboxylic acid groups (broad SMARTS) is 1. The van der Waals surface area contributed by atoms with Gasteiger partial charge in [-0.05, 0) is 25.0 Å². The lowest BCUT2D eigenvalue weighted by Gasteiger charge is -2.11. The molecule has 0 unspecified atom stereocenters. The number of amides is 1. The molecule has 3 N–H and O–H groups in total. The average molecular weight is 423 g/mol. The van der Waals surface area contributed by atoms with Crippen LogP contribution in [0.15, 0.2) is 41.6 Å². The van der Waals surface area contributed by atoms with E-state index in [2.05, 4.69) is 10.3 Å². The number of carboxylic acids is 1. The number of aromatic nitrogens is 2. The molecule has 0 aliphatic carbocycles. The standard InChI is InChI=1S/C19H25N3O6S/c1-14(18(24)25)8-4-2-3-7-12-22-13-11-20-19(22)21-17(23)15-9-5-6-10-16(15)29(26,27)28/h5-6,9-11,13-14H,2-4,7-8,12H2,1H3,(H,24,25)(H,20,21,23)(H,26,27,28)/t14-/m1/s1. The minimum Gasteiger partial charge on any atom is -0.481 e. The number of hydrogen-bond donors (Lipinski definition) is 3. The van der Waals surface area contributed by atoms with Crippen molar-refractivity contribution >= 4 is 27.9 Å². The molecule has 29 heavy (non-hydrogen) atoms. The van der Waals surface area contributed by atoms with Crippen LogP contribution in [0.4, 0.5) is 5.95 Å². The second kappa shape index (κ2) is 10.2. The Morgan fingerprint density at radius 3 is 2.55 bits per heavy atom. The molecular formula is C19H25N3O6S. The maximum absolute atomic E-state index is 12.5. The molecule has 0 aliphatic heterocycles. The predicted octanol–water partition coefficient (Wildman–Crippen LogP) is 3.05. The highest BCUT2D eigenvalue weighted by Crippen LogP contribution is 2.17. The molecule has 10 heteroatoms. The molecule has 0 bridgehead atoms. The summed E-state index contributed by atoms with van der Waals surface area (Å²) in [6.07, 6.45) is 7.36. The van der Waals surface area contributed by atoms with Crippen LogP contribution < -0.4 is 5.32 Å². The average Bonchev–Trinajstić information content (AvgIpc) is 3.10. The van der Waals surface area contributed by atoms with Crippen LogP contribution in [0.5, 0.6) is 0 Å². The number of carbonyl (C=O) groups is 2. The highest BCUT2D eigenvalue weighted by Gasteiger charge is 2.20. The maximum atomic E-state index is 12.5. The Morgan fingerprint density at radius 2 is 1.86 bits per heavy atom. The number of aliphatic carboxylic acids is 1. The largest absolute Gasteiger partial charge is 0.481 e. The number of nitrogens with zero attached hydrogens (tertiary/aromatic N) is 2. The Balaban J connectivity index is 1.90. The van der Waals surface area contributed by atoms with Gasteiger partial charge < -0.3 is 9.67 Å². The van der Waals surface area contributed by atoms with Crippen molar-refractivity contribution in [1.29, 1.82) is 0 Å². The Bertz CT molecular complexity index is 954. The van der Waals surface area contributed by atoms with E-state index in [1.54, 1.807) is 17.7 Å². The zero-order valence-electron chi connectivity index (χ0n) is 16.1. The molecular weight excluding hydrogens is 398 g/mol. The van der Waals surface area contributed by atoms with Crippen LogP contribution in [0, 0.1) is 5.92 Å². The van der Waals surface area contributed by atoms with Crippen LogP contribution in [0.3, 0.4) is 0 Å². The van der Waals surface area contributed by atoms with E-state index in [4.69, 9.17) is 5.11 Å². The van der Waals surface area contributed by atoms with Crippen molar-refractivity contribution in [3.05, 3.63) is 42.2 Å². The summed E-state index contributed by atoms with van der Waals surface area (Å²) >= 11 is 0. The van der Waals surface area contributed by atoms with E-state index in [0.717, 1.165) is 31.7 Å². The van der Waals surface area contributed by atoms with Gasteiger partial charge in [0.15, 0.2) is 0 Å². The molecule has 1 aromatic heterocycles. The van der Waals surface area contributed by atoms with E-state index in [0.29, 0.717) is 13.0 Å². The molecule has 0 aliphatic rings. The normalized spacial score (nSPS) is 12.5. The third-order valence-electron chi connectivity index (χ3n) is 4.56. The van der Waals surface area contributed by atoms with Crippen molar-refractivity contribution in [3.8, 4) is 0 Å². The predicted molar refractivity (Wildman–Crippen MR) is 106 cm³/mol. The summed E-state index contributed by atoms with van der Waals surface area (Å²) in [6.45, 7) is 2.30. The van der Waals surface area contributed by atoms with Crippen LogP contribution in [0.25, 0.3) is 0 Å². The molecule has 0 saturated heterocycles. The van der Waals surface area contributed by atoms with E-state index >= 15 is 0 Å². The third kappa shape index (κ3) is 6.68. The van der Waals surface area contributed by atoms with Crippen LogP contribution in [-0.4, -0.2) is 39.5 Å². The van der Waals surface area contributed by atoms with Crippen LogP contribution in [-0.2, 0) is 21.5 Å². The van der Waals surface area contributed by atoms with Crippen LogP contribution in [0.1, 0.15) is 49.4 Å². The molecule has 1 heterocycles. The van der Waals surface area contributed by atoms with Gasteiger partial charge >= 0.3 is 5.97 Å². The van der Waals surface area contributed by atoms with E-state index in [1.807, 2.05) is 0 Å². The second-order valence-electron chi connectivity index (χ2n) is 6.81. The van der Waals surface area contributed by atoms with Gasteiger partial charge in [0.1, 0.15) is 4.90 Å². The smallest absolute Gasteiger partial charge is 0.306 e. The van der Waals surface area contributed by atoms with Gasteiger partial charge in [-0.1, -0.05) is 38.3 Å². The molecule has 1 atom stereocenters. The first-order chi connectivity index (χ1) is 13.7. The van der Waals surface area contributed by atoms with E-state index in [1.165, 1.54) is 24.4 Å². The zero-order chi connectivity index (χ0) is 21.4. The van der Waals surface area contributed by atoms with Crippen molar-refractivity contribution in [2.75, 3.05) is 5.32 Å². The Morgan fingerprint density at radius 1 is 1.17 bits per heavy atom. The number of hydrogen-bond acceptors (Lipinski definition) is 5. The van der Waals surface area contributed by atoms with Crippen LogP contribution >= 0.6 is 0 Å². The van der Waals surface area contributed by atoms with E-state index in [-0.39, 0.29) is 17.4 Å². The number of imidazole rings is 1. The lowest BCUT2D eigenvalue weighted by molar-refractivity contribution is -0.141. The highest BCUT2D eigenvalue weighted by molar-refractivity contribution is 7.86. The Kier molecular flexibility index (Phi) is 7.91. The molecule has 0 radical (unpaired) electrons. The summed E-state index contributed by atoms with van der Waals surface area (Å²) < 4.78 is 33.9. The number of nitrogens with one attached hydrogen (secondary N) is 1. The molecule has 1 aromatic carbocycles. The topological polar surface area (TPSA) is 139 Å². The first-order valence-electron chi connectivity index (χ1n) is 9.32. The van der Waals surface area contributed by atoms with Gasteiger partial charge in [-0.15, -0.1) is 0 Å². The molecule has 0 saturated carbocycles. The van der Waals surface area contributed by atoms with Crippen molar-refractivity contribution < 1.29 is 27.7 Å². The third-order valence-corrected chi connectivity index (χ3v) is 5.47. The SMILES string of the molecule is C[C@H](CCCCCCn1ccnc1NC(=O)c1ccccc1S(=O)(=O)O)C(=O)O. The minimum absolute atomic E-state index is 0.169. The number of rotatable bonds is 11. The van der Waals surface area contributed by atoms with Crippen LogP contribution in [0.2, 0.25) is 0 Å². The molecule has 0 fully saturated rings. The molecule has 2 aromatic rings. The molecule has 0 spiro atoms. The molecule has 1 amide bonds. The first kappa shape index (κ1) is 22.6. The van der Waals surface area contributed by atoms with E-state index < -0.39 is 26.9 Å². The monoisotopic (exact) mass is 423 g/mol. The number of unbranched alkanes of at least 4 members (excludes halogenated alkanes) is 3. The van der Waals surface area contributed by atoms with Gasteiger partial charge in [0.05, 0.1) is 11.5 Å². The van der Waals surface area contributed by atoms with Crippen molar-refractivity contribution in [2.45, 2.75) is 50.5 Å². The quantitative estimate of drug-likeness (QED) is 0.373. The van der Waals surface area contributed by atoms with Crippen molar-refractivity contribution in [1.82, 2.24) is 9.55 Å². The fourth-order valence-corrected chi connectivity index (χ4v) is 3.56. The minimum atomic E-state index is -4.53. The lowest BCUT2D eigenvalue weighted by atomic mass is 10.0.